The minimum absolute atomic E-state index is 0.408. The third-order valence-electron chi connectivity index (χ3n) is 14.4. The molecule has 1 nitrogen and oxygen atoms in total. The molecule has 1 heterocycles. The van der Waals surface area contributed by atoms with Gasteiger partial charge in [0.05, 0.1) is 10.8 Å². The Hall–Kier alpha value is -7.74. The topological polar surface area (TPSA) is 9.23 Å². The molecular weight excluding hydrogens is 737 g/mol. The Morgan fingerprint density at radius 1 is 0.246 bits per heavy atom. The second kappa shape index (κ2) is 11.9. The van der Waals surface area contributed by atoms with E-state index in [1.54, 1.807) is 0 Å². The van der Waals surface area contributed by atoms with E-state index in [0.717, 1.165) is 11.5 Å². The number of benzene rings is 10. The van der Waals surface area contributed by atoms with Crippen molar-refractivity contribution in [3.63, 3.8) is 0 Å². The normalized spacial score (nSPS) is 16.2. The maximum atomic E-state index is 6.74. The Balaban J connectivity index is 0.935. The molecule has 2 spiro atoms. The van der Waals surface area contributed by atoms with Crippen LogP contribution in [0.15, 0.2) is 218 Å². The summed E-state index contributed by atoms with van der Waals surface area (Å²) in [5.41, 5.74) is 22.2. The molecule has 4 aliphatic rings. The van der Waals surface area contributed by atoms with Crippen molar-refractivity contribution in [2.75, 3.05) is 0 Å². The molecular formula is C60H36O. The average molecular weight is 773 g/mol. The van der Waals surface area contributed by atoms with E-state index in [0.29, 0.717) is 0 Å². The Kier molecular flexibility index (Phi) is 6.48. The van der Waals surface area contributed by atoms with Gasteiger partial charge in [-0.25, -0.2) is 0 Å². The van der Waals surface area contributed by atoms with Gasteiger partial charge in [-0.15, -0.1) is 0 Å². The molecule has 10 aromatic carbocycles. The van der Waals surface area contributed by atoms with Crippen LogP contribution in [-0.4, -0.2) is 0 Å². The zero-order chi connectivity index (χ0) is 39.9. The minimum atomic E-state index is -0.495. The van der Waals surface area contributed by atoms with E-state index in [9.17, 15) is 0 Å². The van der Waals surface area contributed by atoms with Crippen LogP contribution in [0.5, 0.6) is 11.5 Å². The van der Waals surface area contributed by atoms with E-state index in [2.05, 4.69) is 218 Å². The molecule has 1 unspecified atom stereocenters. The molecule has 1 atom stereocenters. The van der Waals surface area contributed by atoms with Gasteiger partial charge in [-0.05, 0) is 130 Å². The van der Waals surface area contributed by atoms with Gasteiger partial charge >= 0.3 is 0 Å². The smallest absolute Gasteiger partial charge is 0.132 e. The molecule has 0 saturated carbocycles. The highest BCUT2D eigenvalue weighted by Crippen LogP contribution is 2.65. The Labute approximate surface area is 354 Å². The lowest BCUT2D eigenvalue weighted by Gasteiger charge is -2.39. The van der Waals surface area contributed by atoms with Crippen LogP contribution in [-0.2, 0) is 10.8 Å². The van der Waals surface area contributed by atoms with Crippen LogP contribution >= 0.6 is 0 Å². The van der Waals surface area contributed by atoms with Gasteiger partial charge in [0, 0.05) is 11.1 Å². The summed E-state index contributed by atoms with van der Waals surface area (Å²) in [4.78, 5) is 0. The Bertz CT molecular complexity index is 3470. The highest BCUT2D eigenvalue weighted by Gasteiger charge is 2.53. The Morgan fingerprint density at radius 3 is 1.39 bits per heavy atom. The van der Waals surface area contributed by atoms with Crippen molar-refractivity contribution < 1.29 is 4.74 Å². The van der Waals surface area contributed by atoms with Crippen LogP contribution in [0.25, 0.3) is 66.4 Å². The van der Waals surface area contributed by atoms with Crippen LogP contribution in [0.1, 0.15) is 44.5 Å². The molecule has 14 rings (SSSR count). The van der Waals surface area contributed by atoms with Crippen molar-refractivity contribution in [1.82, 2.24) is 0 Å². The van der Waals surface area contributed by atoms with Crippen LogP contribution < -0.4 is 4.74 Å². The van der Waals surface area contributed by atoms with Crippen molar-refractivity contribution in [2.45, 2.75) is 10.8 Å². The van der Waals surface area contributed by atoms with E-state index < -0.39 is 10.8 Å². The molecule has 0 aromatic heterocycles. The van der Waals surface area contributed by atoms with E-state index in [1.807, 2.05) is 0 Å². The lowest BCUT2D eigenvalue weighted by molar-refractivity contribution is 0.436. The lowest BCUT2D eigenvalue weighted by Crippen LogP contribution is -2.32. The highest BCUT2D eigenvalue weighted by atomic mass is 16.5. The third kappa shape index (κ3) is 4.11. The van der Waals surface area contributed by atoms with Crippen LogP contribution in [0.3, 0.4) is 0 Å². The van der Waals surface area contributed by atoms with E-state index in [1.165, 1.54) is 111 Å². The molecule has 1 heteroatoms. The second-order valence-corrected chi connectivity index (χ2v) is 17.0. The minimum Gasteiger partial charge on any atom is -0.457 e. The van der Waals surface area contributed by atoms with Crippen molar-refractivity contribution in [2.24, 2.45) is 0 Å². The summed E-state index contributed by atoms with van der Waals surface area (Å²) in [6.07, 6.45) is 0. The maximum absolute atomic E-state index is 6.74. The molecule has 0 saturated heterocycles. The average Bonchev–Trinajstić information content (AvgIpc) is 3.91. The largest absolute Gasteiger partial charge is 0.457 e. The van der Waals surface area contributed by atoms with Gasteiger partial charge in [-0.1, -0.05) is 188 Å². The first-order valence-electron chi connectivity index (χ1n) is 21.3. The quantitative estimate of drug-likeness (QED) is 0.170. The van der Waals surface area contributed by atoms with E-state index in [-0.39, 0.29) is 0 Å². The molecule has 61 heavy (non-hydrogen) atoms. The summed E-state index contributed by atoms with van der Waals surface area (Å²) in [7, 11) is 0. The fourth-order valence-electron chi connectivity index (χ4n) is 12.0. The highest BCUT2D eigenvalue weighted by molar-refractivity contribution is 6.03. The number of hydrogen-bond donors (Lipinski definition) is 0. The van der Waals surface area contributed by atoms with Crippen molar-refractivity contribution in [1.29, 1.82) is 0 Å². The van der Waals surface area contributed by atoms with Crippen molar-refractivity contribution in [3.05, 3.63) is 263 Å². The molecule has 0 bridgehead atoms. The summed E-state index contributed by atoms with van der Waals surface area (Å²) in [5.74, 6) is 1.82. The summed E-state index contributed by atoms with van der Waals surface area (Å²) in [6.45, 7) is 0. The standard InChI is InChI=1S/C60H36O/c1-2-15-40-35-54-47(34-39(40)14-1)45-18-5-9-23-50(45)60(54)51-24-10-6-19-46(51)58-42(20-13-26-53(58)60)38-30-28-37(29-31-38)41-32-33-57-55(36-41)59(52-25-11-12-27-56(52)61-57)48-21-7-3-16-43(48)44-17-4-8-22-49(44)59/h1-36H. The molecule has 1 aliphatic heterocycles. The summed E-state index contributed by atoms with van der Waals surface area (Å²) >= 11 is 0. The predicted molar refractivity (Wildman–Crippen MR) is 248 cm³/mol. The first-order valence-corrected chi connectivity index (χ1v) is 21.3. The van der Waals surface area contributed by atoms with E-state index in [4.69, 9.17) is 4.74 Å². The number of ether oxygens (including phenoxy) is 1. The number of para-hydroxylation sites is 1. The number of rotatable bonds is 2. The first kappa shape index (κ1) is 33.1. The van der Waals surface area contributed by atoms with Gasteiger partial charge in [0.1, 0.15) is 11.5 Å². The molecule has 0 N–H and O–H groups in total. The molecule has 0 fully saturated rings. The summed E-state index contributed by atoms with van der Waals surface area (Å²) < 4.78 is 6.74. The fraction of sp³-hybridized carbons (Fsp3) is 0.0333. The monoisotopic (exact) mass is 772 g/mol. The molecule has 10 aromatic rings. The maximum Gasteiger partial charge on any atom is 0.132 e. The summed E-state index contributed by atoms with van der Waals surface area (Å²) in [6, 6.07) is 81.4. The molecule has 3 aliphatic carbocycles. The van der Waals surface area contributed by atoms with Gasteiger partial charge in [0.2, 0.25) is 0 Å². The second-order valence-electron chi connectivity index (χ2n) is 17.0. The van der Waals surface area contributed by atoms with E-state index >= 15 is 0 Å². The van der Waals surface area contributed by atoms with Gasteiger partial charge in [-0.2, -0.15) is 0 Å². The van der Waals surface area contributed by atoms with Gasteiger partial charge in [-0.3, -0.25) is 0 Å². The van der Waals surface area contributed by atoms with Crippen LogP contribution in [0.2, 0.25) is 0 Å². The zero-order valence-electron chi connectivity index (χ0n) is 33.2. The van der Waals surface area contributed by atoms with Gasteiger partial charge in [0.25, 0.3) is 0 Å². The first-order chi connectivity index (χ1) is 30.2. The van der Waals surface area contributed by atoms with Crippen LogP contribution in [0.4, 0.5) is 0 Å². The lowest BCUT2D eigenvalue weighted by atomic mass is 9.66. The third-order valence-corrected chi connectivity index (χ3v) is 14.4. The number of fused-ring (bicyclic) bond motifs is 20. The van der Waals surface area contributed by atoms with Crippen molar-refractivity contribution >= 4 is 10.8 Å². The van der Waals surface area contributed by atoms with Crippen molar-refractivity contribution in [3.8, 4) is 67.1 Å². The molecule has 0 radical (unpaired) electrons. The molecule has 0 amide bonds. The molecule has 282 valence electrons. The van der Waals surface area contributed by atoms with Crippen LogP contribution in [0, 0.1) is 0 Å². The summed E-state index contributed by atoms with van der Waals surface area (Å²) in [5, 5.41) is 2.55. The Morgan fingerprint density at radius 2 is 0.705 bits per heavy atom. The van der Waals surface area contributed by atoms with Gasteiger partial charge in [0.15, 0.2) is 0 Å². The van der Waals surface area contributed by atoms with Gasteiger partial charge < -0.3 is 4.74 Å². The SMILES string of the molecule is c1ccc2c(c1)Oc1ccc(-c3ccc(-c4cccc5c4-c4ccccc4C54c5ccccc5-c5cc6ccccc6cc54)cc3)cc1C21c2ccccc2-c2ccccc21. The fourth-order valence-corrected chi connectivity index (χ4v) is 12.0. The number of hydrogen-bond acceptors (Lipinski definition) is 1. The predicted octanol–water partition coefficient (Wildman–Crippen LogP) is 15.0. The zero-order valence-corrected chi connectivity index (χ0v) is 33.2.